The van der Waals surface area contributed by atoms with Crippen LogP contribution in [0.1, 0.15) is 30.8 Å². The highest BCUT2D eigenvalue weighted by Crippen LogP contribution is 2.29. The Morgan fingerprint density at radius 1 is 1.12 bits per heavy atom. The molecule has 3 rings (SSSR count). The van der Waals surface area contributed by atoms with E-state index in [1.807, 2.05) is 55.5 Å². The lowest BCUT2D eigenvalue weighted by Crippen LogP contribution is -2.39. The van der Waals surface area contributed by atoms with Gasteiger partial charge in [0.05, 0.1) is 10.7 Å². The number of carbonyl (C=O) groups is 1. The Balaban J connectivity index is 2.06. The third-order valence-electron chi connectivity index (χ3n) is 4.21. The second kappa shape index (κ2) is 7.02. The Labute approximate surface area is 146 Å². The number of para-hydroxylation sites is 1. The van der Waals surface area contributed by atoms with Gasteiger partial charge < -0.3 is 4.90 Å². The Kier molecular flexibility index (Phi) is 4.81. The fourth-order valence-corrected chi connectivity index (χ4v) is 2.93. The summed E-state index contributed by atoms with van der Waals surface area (Å²) in [7, 11) is 0. The van der Waals surface area contributed by atoms with E-state index < -0.39 is 0 Å². The summed E-state index contributed by atoms with van der Waals surface area (Å²) in [5.74, 6) is -0.136. The molecule has 3 aromatic rings. The molecule has 0 spiro atoms. The molecule has 0 bridgehead atoms. The van der Waals surface area contributed by atoms with Gasteiger partial charge in [-0.15, -0.1) is 0 Å². The second-order valence-corrected chi connectivity index (χ2v) is 6.21. The first-order chi connectivity index (χ1) is 11.6. The highest BCUT2D eigenvalue weighted by Gasteiger charge is 2.25. The maximum atomic E-state index is 13.1. The lowest BCUT2D eigenvalue weighted by atomic mass is 10.1. The molecule has 0 N–H and O–H groups in total. The van der Waals surface area contributed by atoms with Crippen molar-refractivity contribution in [3.05, 3.63) is 71.5 Å². The molecule has 0 saturated heterocycles. The summed E-state index contributed by atoms with van der Waals surface area (Å²) in [5, 5.41) is 2.58. The lowest BCUT2D eigenvalue weighted by molar-refractivity contribution is 0.0973. The molecule has 0 fully saturated rings. The smallest absolute Gasteiger partial charge is 0.277 e. The van der Waals surface area contributed by atoms with E-state index in [1.165, 1.54) is 0 Å². The van der Waals surface area contributed by atoms with Crippen molar-refractivity contribution >= 4 is 34.0 Å². The average Bonchev–Trinajstić information content (AvgIpc) is 2.62. The molecule has 1 unspecified atom stereocenters. The SMILES string of the molecule is CCC(C)N(C(=O)c1cc2ccccc2cn1)c1ccccc1Cl. The number of aromatic nitrogens is 1. The number of halogens is 1. The molecule has 4 heteroatoms. The standard InChI is InChI=1S/C20H19ClN2O/c1-3-14(2)23(19-11-7-6-10-17(19)21)20(24)18-12-15-8-4-5-9-16(15)13-22-18/h4-14H,3H2,1-2H3. The van der Waals surface area contributed by atoms with Gasteiger partial charge in [0, 0.05) is 17.6 Å². The number of hydrogen-bond acceptors (Lipinski definition) is 2. The summed E-state index contributed by atoms with van der Waals surface area (Å²) in [4.78, 5) is 19.2. The summed E-state index contributed by atoms with van der Waals surface area (Å²) in [6.07, 6.45) is 2.56. The maximum absolute atomic E-state index is 13.1. The van der Waals surface area contributed by atoms with Crippen LogP contribution in [0.5, 0.6) is 0 Å². The first-order valence-electron chi connectivity index (χ1n) is 8.04. The van der Waals surface area contributed by atoms with E-state index in [4.69, 9.17) is 11.6 Å². The molecule has 0 aliphatic heterocycles. The summed E-state index contributed by atoms with van der Waals surface area (Å²) in [6, 6.07) is 17.2. The monoisotopic (exact) mass is 338 g/mol. The van der Waals surface area contributed by atoms with Crippen LogP contribution in [-0.2, 0) is 0 Å². The van der Waals surface area contributed by atoms with Crippen LogP contribution in [0.25, 0.3) is 10.8 Å². The van der Waals surface area contributed by atoms with E-state index in [0.29, 0.717) is 16.4 Å². The topological polar surface area (TPSA) is 33.2 Å². The van der Waals surface area contributed by atoms with Gasteiger partial charge in [-0.05, 0) is 36.9 Å². The molecule has 1 aromatic heterocycles. The van der Waals surface area contributed by atoms with Crippen LogP contribution < -0.4 is 4.90 Å². The van der Waals surface area contributed by atoms with Crippen molar-refractivity contribution in [1.29, 1.82) is 0 Å². The Hall–Kier alpha value is -2.39. The minimum Gasteiger partial charge on any atom is -0.303 e. The summed E-state index contributed by atoms with van der Waals surface area (Å²) >= 11 is 6.33. The quantitative estimate of drug-likeness (QED) is 0.643. The van der Waals surface area contributed by atoms with E-state index in [1.54, 1.807) is 17.2 Å². The number of carbonyl (C=O) groups excluding carboxylic acids is 1. The van der Waals surface area contributed by atoms with Crippen molar-refractivity contribution in [2.45, 2.75) is 26.3 Å². The van der Waals surface area contributed by atoms with Crippen molar-refractivity contribution < 1.29 is 4.79 Å². The van der Waals surface area contributed by atoms with Gasteiger partial charge >= 0.3 is 0 Å². The van der Waals surface area contributed by atoms with Crippen LogP contribution in [0.3, 0.4) is 0 Å². The number of amides is 1. The molecule has 1 heterocycles. The molecule has 0 aliphatic rings. The summed E-state index contributed by atoms with van der Waals surface area (Å²) in [6.45, 7) is 4.07. The van der Waals surface area contributed by atoms with Crippen LogP contribution in [0, 0.1) is 0 Å². The van der Waals surface area contributed by atoms with Crippen LogP contribution in [0.15, 0.2) is 60.8 Å². The third kappa shape index (κ3) is 3.13. The highest BCUT2D eigenvalue weighted by atomic mass is 35.5. The van der Waals surface area contributed by atoms with Gasteiger partial charge in [-0.1, -0.05) is 54.9 Å². The van der Waals surface area contributed by atoms with E-state index in [9.17, 15) is 4.79 Å². The molecule has 24 heavy (non-hydrogen) atoms. The number of pyridine rings is 1. The van der Waals surface area contributed by atoms with Crippen molar-refractivity contribution in [3.8, 4) is 0 Å². The predicted molar refractivity (Wildman–Crippen MR) is 99.8 cm³/mol. The molecular formula is C20H19ClN2O. The zero-order valence-corrected chi connectivity index (χ0v) is 14.5. The molecule has 3 nitrogen and oxygen atoms in total. The number of benzene rings is 2. The normalized spacial score (nSPS) is 12.1. The van der Waals surface area contributed by atoms with Gasteiger partial charge in [0.1, 0.15) is 5.69 Å². The first kappa shape index (κ1) is 16.5. The van der Waals surface area contributed by atoms with E-state index >= 15 is 0 Å². The van der Waals surface area contributed by atoms with Crippen molar-refractivity contribution in [2.24, 2.45) is 0 Å². The fourth-order valence-electron chi connectivity index (χ4n) is 2.70. The largest absolute Gasteiger partial charge is 0.303 e. The molecule has 2 aromatic carbocycles. The number of hydrogen-bond donors (Lipinski definition) is 0. The number of rotatable bonds is 4. The maximum Gasteiger partial charge on any atom is 0.277 e. The minimum absolute atomic E-state index is 0.0191. The van der Waals surface area contributed by atoms with Crippen LogP contribution in [0.2, 0.25) is 5.02 Å². The molecule has 0 radical (unpaired) electrons. The lowest BCUT2D eigenvalue weighted by Gasteiger charge is -2.29. The molecule has 0 saturated carbocycles. The van der Waals surface area contributed by atoms with E-state index in [2.05, 4.69) is 11.9 Å². The van der Waals surface area contributed by atoms with Gasteiger partial charge in [-0.25, -0.2) is 0 Å². The predicted octanol–water partition coefficient (Wildman–Crippen LogP) is 5.33. The fraction of sp³-hybridized carbons (Fsp3) is 0.200. The average molecular weight is 339 g/mol. The summed E-state index contributed by atoms with van der Waals surface area (Å²) < 4.78 is 0. The molecule has 0 aliphatic carbocycles. The highest BCUT2D eigenvalue weighted by molar-refractivity contribution is 6.34. The Morgan fingerprint density at radius 2 is 1.79 bits per heavy atom. The molecule has 1 atom stereocenters. The van der Waals surface area contributed by atoms with E-state index in [0.717, 1.165) is 17.2 Å². The molecular weight excluding hydrogens is 320 g/mol. The summed E-state index contributed by atoms with van der Waals surface area (Å²) in [5.41, 5.74) is 1.14. The minimum atomic E-state index is -0.136. The number of nitrogens with zero attached hydrogens (tertiary/aromatic N) is 2. The Bertz CT molecular complexity index is 878. The van der Waals surface area contributed by atoms with Gasteiger partial charge in [0.15, 0.2) is 0 Å². The number of anilines is 1. The van der Waals surface area contributed by atoms with Crippen LogP contribution >= 0.6 is 11.6 Å². The third-order valence-corrected chi connectivity index (χ3v) is 4.53. The van der Waals surface area contributed by atoms with Crippen molar-refractivity contribution in [3.63, 3.8) is 0 Å². The second-order valence-electron chi connectivity index (χ2n) is 5.80. The zero-order valence-electron chi connectivity index (χ0n) is 13.7. The Morgan fingerprint density at radius 3 is 2.50 bits per heavy atom. The van der Waals surface area contributed by atoms with Gasteiger partial charge in [-0.2, -0.15) is 0 Å². The van der Waals surface area contributed by atoms with Crippen LogP contribution in [-0.4, -0.2) is 16.9 Å². The first-order valence-corrected chi connectivity index (χ1v) is 8.42. The van der Waals surface area contributed by atoms with E-state index in [-0.39, 0.29) is 11.9 Å². The van der Waals surface area contributed by atoms with Gasteiger partial charge in [-0.3, -0.25) is 9.78 Å². The van der Waals surface area contributed by atoms with Crippen molar-refractivity contribution in [2.75, 3.05) is 4.90 Å². The zero-order chi connectivity index (χ0) is 17.1. The molecule has 1 amide bonds. The van der Waals surface area contributed by atoms with Gasteiger partial charge in [0.25, 0.3) is 5.91 Å². The van der Waals surface area contributed by atoms with Crippen LogP contribution in [0.4, 0.5) is 5.69 Å². The number of fused-ring (bicyclic) bond motifs is 1. The van der Waals surface area contributed by atoms with Gasteiger partial charge in [0.2, 0.25) is 0 Å². The van der Waals surface area contributed by atoms with Crippen molar-refractivity contribution in [1.82, 2.24) is 4.98 Å². The molecule has 122 valence electrons.